The SMILES string of the molecule is C=NC(=O)/C(S)=C/c1ccc2c(c1)CCC(F)(F)c1cc(C(F)(F)P)ccc1CO2. The molecule has 0 aromatic heterocycles. The van der Waals surface area contributed by atoms with E-state index >= 15 is 0 Å². The summed E-state index contributed by atoms with van der Waals surface area (Å²) in [5, 5.41) is 0. The number of fused-ring (bicyclic) bond motifs is 2. The van der Waals surface area contributed by atoms with E-state index in [0.29, 0.717) is 16.9 Å². The number of carbonyl (C=O) groups is 1. The number of alkyl halides is 4. The topological polar surface area (TPSA) is 38.7 Å². The molecule has 2 aromatic rings. The summed E-state index contributed by atoms with van der Waals surface area (Å²) in [5.41, 5.74) is -3.06. The third-order valence-corrected chi connectivity index (χ3v) is 5.38. The molecule has 0 bridgehead atoms. The molecule has 9 heteroatoms. The standard InChI is InChI=1S/C21H18F4NO2PS/c1-26-19(27)18(30)9-12-2-5-17-13(8-12)6-7-20(22,23)16-10-15(21(24,25)29)4-3-14(16)11-28-17/h2-5,8-10,30H,1,6-7,11,29H2/b18-9-. The van der Waals surface area contributed by atoms with Crippen molar-refractivity contribution in [1.29, 1.82) is 0 Å². The lowest BCUT2D eigenvalue weighted by atomic mass is 9.94. The number of aliphatic imine (C=N–C) groups is 1. The van der Waals surface area contributed by atoms with Crippen molar-refractivity contribution in [2.45, 2.75) is 31.0 Å². The fraction of sp³-hybridized carbons (Fsp3) is 0.238. The Morgan fingerprint density at radius 3 is 2.63 bits per heavy atom. The van der Waals surface area contributed by atoms with Crippen molar-refractivity contribution in [2.75, 3.05) is 0 Å². The van der Waals surface area contributed by atoms with Gasteiger partial charge < -0.3 is 4.74 Å². The Morgan fingerprint density at radius 1 is 1.23 bits per heavy atom. The maximum absolute atomic E-state index is 14.9. The summed E-state index contributed by atoms with van der Waals surface area (Å²) in [7, 11) is 1.36. The summed E-state index contributed by atoms with van der Waals surface area (Å²) in [6, 6.07) is 8.10. The zero-order chi connectivity index (χ0) is 22.1. The van der Waals surface area contributed by atoms with Gasteiger partial charge in [-0.1, -0.05) is 27.4 Å². The van der Waals surface area contributed by atoms with Gasteiger partial charge in [0.25, 0.3) is 17.5 Å². The van der Waals surface area contributed by atoms with Crippen molar-refractivity contribution >= 4 is 40.6 Å². The number of carbonyl (C=O) groups excluding carboxylic acids is 1. The van der Waals surface area contributed by atoms with Crippen LogP contribution in [0.3, 0.4) is 0 Å². The molecule has 0 N–H and O–H groups in total. The second kappa shape index (κ2) is 8.52. The molecule has 1 unspecified atom stereocenters. The van der Waals surface area contributed by atoms with Crippen molar-refractivity contribution < 1.29 is 27.1 Å². The van der Waals surface area contributed by atoms with E-state index in [2.05, 4.69) is 24.3 Å². The van der Waals surface area contributed by atoms with Crippen molar-refractivity contribution in [1.82, 2.24) is 0 Å². The van der Waals surface area contributed by atoms with E-state index in [1.54, 1.807) is 18.2 Å². The highest BCUT2D eigenvalue weighted by atomic mass is 32.1. The number of halogens is 4. The molecule has 1 heterocycles. The number of amides is 1. The van der Waals surface area contributed by atoms with E-state index < -0.39 is 35.0 Å². The quantitative estimate of drug-likeness (QED) is 0.211. The lowest BCUT2D eigenvalue weighted by Crippen LogP contribution is -2.18. The summed E-state index contributed by atoms with van der Waals surface area (Å²) in [6.07, 6.45) is 0.810. The normalized spacial score (nSPS) is 16.3. The predicted octanol–water partition coefficient (Wildman–Crippen LogP) is 5.73. The largest absolute Gasteiger partial charge is 0.489 e. The average Bonchev–Trinajstić information content (AvgIpc) is 2.74. The molecule has 0 radical (unpaired) electrons. The van der Waals surface area contributed by atoms with Gasteiger partial charge in [-0.25, -0.2) is 13.8 Å². The van der Waals surface area contributed by atoms with Crippen molar-refractivity contribution in [2.24, 2.45) is 4.99 Å². The second-order valence-electron chi connectivity index (χ2n) is 6.85. The highest BCUT2D eigenvalue weighted by Gasteiger charge is 2.37. The van der Waals surface area contributed by atoms with Crippen LogP contribution in [0.1, 0.15) is 34.2 Å². The van der Waals surface area contributed by atoms with E-state index in [1.165, 1.54) is 21.4 Å². The van der Waals surface area contributed by atoms with E-state index in [0.717, 1.165) is 12.1 Å². The highest BCUT2D eigenvalue weighted by Crippen LogP contribution is 2.42. The van der Waals surface area contributed by atoms with Gasteiger partial charge in [0.2, 0.25) is 0 Å². The van der Waals surface area contributed by atoms with Gasteiger partial charge in [0.15, 0.2) is 0 Å². The average molecular weight is 455 g/mol. The van der Waals surface area contributed by atoms with Crippen LogP contribution < -0.4 is 4.74 Å². The maximum atomic E-state index is 14.9. The Morgan fingerprint density at radius 2 is 1.97 bits per heavy atom. The Labute approximate surface area is 178 Å². The lowest BCUT2D eigenvalue weighted by Gasteiger charge is -2.21. The molecule has 1 atom stereocenters. The Bertz CT molecular complexity index is 1030. The minimum absolute atomic E-state index is 0.0533. The van der Waals surface area contributed by atoms with Crippen molar-refractivity contribution in [3.63, 3.8) is 0 Å². The number of thiol groups is 1. The number of aryl methyl sites for hydroxylation is 1. The Balaban J connectivity index is 1.98. The summed E-state index contributed by atoms with van der Waals surface area (Å²) < 4.78 is 62.9. The van der Waals surface area contributed by atoms with E-state index in [-0.39, 0.29) is 23.5 Å². The molecule has 30 heavy (non-hydrogen) atoms. The third kappa shape index (κ3) is 4.93. The number of hydrogen-bond acceptors (Lipinski definition) is 3. The van der Waals surface area contributed by atoms with Gasteiger partial charge in [0, 0.05) is 17.5 Å². The molecule has 0 saturated carbocycles. The highest BCUT2D eigenvalue weighted by molar-refractivity contribution is 7.85. The van der Waals surface area contributed by atoms with Crippen LogP contribution >= 0.6 is 21.9 Å². The molecule has 0 saturated heterocycles. The first kappa shape index (κ1) is 22.5. The molecule has 0 fully saturated rings. The zero-order valence-electron chi connectivity index (χ0n) is 15.7. The summed E-state index contributed by atoms with van der Waals surface area (Å²) in [6.45, 7) is 2.95. The molecular weight excluding hydrogens is 437 g/mol. The van der Waals surface area contributed by atoms with Crippen molar-refractivity contribution in [3.8, 4) is 5.75 Å². The van der Waals surface area contributed by atoms with Crippen LogP contribution in [-0.2, 0) is 29.4 Å². The third-order valence-electron chi connectivity index (χ3n) is 4.73. The first-order valence-corrected chi connectivity index (χ1v) is 9.89. The number of benzene rings is 2. The summed E-state index contributed by atoms with van der Waals surface area (Å²) in [4.78, 5) is 14.8. The van der Waals surface area contributed by atoms with E-state index in [9.17, 15) is 22.4 Å². The molecule has 1 aliphatic rings. The molecule has 0 aliphatic carbocycles. The minimum atomic E-state index is -3.32. The van der Waals surface area contributed by atoms with Gasteiger partial charge in [0.1, 0.15) is 12.4 Å². The molecule has 1 aliphatic heterocycles. The van der Waals surface area contributed by atoms with E-state index in [1.807, 2.05) is 0 Å². The smallest absolute Gasteiger partial charge is 0.283 e. The molecule has 158 valence electrons. The molecule has 1 amide bonds. The zero-order valence-corrected chi connectivity index (χ0v) is 17.7. The Kier molecular flexibility index (Phi) is 6.39. The molecule has 2 aromatic carbocycles. The lowest BCUT2D eigenvalue weighted by molar-refractivity contribution is -0.113. The number of hydrogen-bond donors (Lipinski definition) is 1. The molecule has 3 nitrogen and oxygen atoms in total. The van der Waals surface area contributed by atoms with Gasteiger partial charge in [-0.3, -0.25) is 4.79 Å². The summed E-state index contributed by atoms with van der Waals surface area (Å²) >= 11 is 4.06. The fourth-order valence-corrected chi connectivity index (χ4v) is 3.56. The second-order valence-corrected chi connectivity index (χ2v) is 8.05. The molecule has 3 rings (SSSR count). The van der Waals surface area contributed by atoms with E-state index in [4.69, 9.17) is 4.74 Å². The number of ether oxygens (including phenoxy) is 1. The number of rotatable bonds is 3. The molecular formula is C21H18F4NO2PS. The first-order valence-electron chi connectivity index (χ1n) is 8.87. The van der Waals surface area contributed by atoms with Crippen LogP contribution in [0.25, 0.3) is 6.08 Å². The molecule has 0 spiro atoms. The van der Waals surface area contributed by atoms with Crippen molar-refractivity contribution in [3.05, 3.63) is 69.1 Å². The van der Waals surface area contributed by atoms with Gasteiger partial charge in [-0.15, -0.1) is 12.6 Å². The van der Waals surface area contributed by atoms with Gasteiger partial charge in [-0.2, -0.15) is 8.78 Å². The predicted molar refractivity (Wildman–Crippen MR) is 115 cm³/mol. The monoisotopic (exact) mass is 455 g/mol. The van der Waals surface area contributed by atoms with Gasteiger partial charge >= 0.3 is 0 Å². The number of nitrogens with zero attached hydrogens (tertiary/aromatic N) is 1. The maximum Gasteiger partial charge on any atom is 0.283 e. The van der Waals surface area contributed by atoms with Gasteiger partial charge in [-0.05, 0) is 54.1 Å². The summed E-state index contributed by atoms with van der Waals surface area (Å²) in [5.74, 6) is -3.53. The fourth-order valence-electron chi connectivity index (χ4n) is 3.16. The van der Waals surface area contributed by atoms with Crippen LogP contribution in [0.4, 0.5) is 17.6 Å². The van der Waals surface area contributed by atoms with Gasteiger partial charge in [0.05, 0.1) is 4.91 Å². The minimum Gasteiger partial charge on any atom is -0.489 e. The van der Waals surface area contributed by atoms with Crippen LogP contribution in [-0.4, -0.2) is 12.6 Å². The van der Waals surface area contributed by atoms with Crippen LogP contribution in [0.5, 0.6) is 5.75 Å². The van der Waals surface area contributed by atoms with Crippen LogP contribution in [0.15, 0.2) is 46.3 Å². The van der Waals surface area contributed by atoms with Crippen LogP contribution in [0.2, 0.25) is 0 Å². The Hall–Kier alpha value is -2.18. The van der Waals surface area contributed by atoms with Crippen LogP contribution in [0, 0.1) is 0 Å². The first-order chi connectivity index (χ1) is 14.0.